The Balaban J connectivity index is 1.95. The molecule has 0 aliphatic carbocycles. The molecule has 1 saturated heterocycles. The molecule has 22 heavy (non-hydrogen) atoms. The van der Waals surface area contributed by atoms with E-state index in [1.165, 1.54) is 0 Å². The quantitative estimate of drug-likeness (QED) is 0.764. The molecule has 1 amide bonds. The van der Waals surface area contributed by atoms with Gasteiger partial charge < -0.3 is 10.4 Å². The lowest BCUT2D eigenvalue weighted by molar-refractivity contribution is -0.128. The standard InChI is InChI=1S/C16H24N4O2/c1-4-8-20-9-6-5-7-14(20)15(21)17-12-16(2,22)13-10-18-19(3)11-13/h1,10-11,14,22H,5-9,12H2,2-3H3,(H,17,21). The molecule has 2 rings (SSSR count). The highest BCUT2D eigenvalue weighted by Gasteiger charge is 2.31. The molecule has 6 heteroatoms. The van der Waals surface area contributed by atoms with Crippen LogP contribution in [-0.4, -0.2) is 51.4 Å². The normalized spacial score (nSPS) is 21.8. The minimum atomic E-state index is -1.14. The first-order chi connectivity index (χ1) is 10.4. The van der Waals surface area contributed by atoms with Crippen LogP contribution < -0.4 is 5.32 Å². The molecule has 6 nitrogen and oxygen atoms in total. The van der Waals surface area contributed by atoms with E-state index < -0.39 is 5.60 Å². The van der Waals surface area contributed by atoms with Crippen LogP contribution in [0.5, 0.6) is 0 Å². The molecule has 1 aromatic heterocycles. The first kappa shape index (κ1) is 16.5. The van der Waals surface area contributed by atoms with Crippen LogP contribution in [0.1, 0.15) is 31.7 Å². The van der Waals surface area contributed by atoms with Crippen LogP contribution in [-0.2, 0) is 17.4 Å². The molecule has 1 fully saturated rings. The van der Waals surface area contributed by atoms with Gasteiger partial charge in [0, 0.05) is 18.8 Å². The Bertz CT molecular complexity index is 559. The van der Waals surface area contributed by atoms with Crippen LogP contribution >= 0.6 is 0 Å². The number of piperidine rings is 1. The Morgan fingerprint density at radius 2 is 2.41 bits per heavy atom. The zero-order valence-electron chi connectivity index (χ0n) is 13.2. The summed E-state index contributed by atoms with van der Waals surface area (Å²) in [7, 11) is 1.79. The number of hydrogen-bond acceptors (Lipinski definition) is 4. The fourth-order valence-electron chi connectivity index (χ4n) is 2.77. The molecule has 1 aliphatic rings. The van der Waals surface area contributed by atoms with Crippen LogP contribution in [0.25, 0.3) is 0 Å². The molecule has 120 valence electrons. The lowest BCUT2D eigenvalue weighted by atomic mass is 9.98. The number of likely N-dealkylation sites (tertiary alicyclic amines) is 1. The van der Waals surface area contributed by atoms with Crippen molar-refractivity contribution in [2.45, 2.75) is 37.8 Å². The fraction of sp³-hybridized carbons (Fsp3) is 0.625. The van der Waals surface area contributed by atoms with Crippen LogP contribution in [0, 0.1) is 12.3 Å². The molecular formula is C16H24N4O2. The second kappa shape index (κ2) is 6.95. The topological polar surface area (TPSA) is 70.4 Å². The van der Waals surface area contributed by atoms with Crippen molar-refractivity contribution in [3.8, 4) is 12.3 Å². The lowest BCUT2D eigenvalue weighted by Gasteiger charge is -2.34. The van der Waals surface area contributed by atoms with Gasteiger partial charge in [-0.1, -0.05) is 12.3 Å². The summed E-state index contributed by atoms with van der Waals surface area (Å²) in [4.78, 5) is 14.4. The van der Waals surface area contributed by atoms with Crippen LogP contribution in [0.3, 0.4) is 0 Å². The van der Waals surface area contributed by atoms with Crippen molar-refractivity contribution in [1.29, 1.82) is 0 Å². The summed E-state index contributed by atoms with van der Waals surface area (Å²) in [6.07, 6.45) is 11.6. The van der Waals surface area contributed by atoms with Crippen LogP contribution in [0.15, 0.2) is 12.4 Å². The van der Waals surface area contributed by atoms with E-state index >= 15 is 0 Å². The summed E-state index contributed by atoms with van der Waals surface area (Å²) in [6.45, 7) is 3.15. The zero-order valence-corrected chi connectivity index (χ0v) is 13.2. The summed E-state index contributed by atoms with van der Waals surface area (Å²) in [5, 5.41) is 17.4. The number of nitrogens with zero attached hydrogens (tertiary/aromatic N) is 3. The number of rotatable bonds is 5. The molecular weight excluding hydrogens is 280 g/mol. The third kappa shape index (κ3) is 3.87. The van der Waals surface area contributed by atoms with Crippen molar-refractivity contribution in [3.63, 3.8) is 0 Å². The van der Waals surface area contributed by atoms with E-state index in [-0.39, 0.29) is 18.5 Å². The smallest absolute Gasteiger partial charge is 0.237 e. The summed E-state index contributed by atoms with van der Waals surface area (Å²) in [6, 6.07) is -0.200. The Morgan fingerprint density at radius 1 is 1.64 bits per heavy atom. The number of aliphatic hydroxyl groups is 1. The van der Waals surface area contributed by atoms with Gasteiger partial charge in [-0.2, -0.15) is 5.10 Å². The Hall–Kier alpha value is -1.84. The molecule has 0 saturated carbocycles. The van der Waals surface area contributed by atoms with E-state index in [0.29, 0.717) is 12.1 Å². The second-order valence-electron chi connectivity index (χ2n) is 6.08. The van der Waals surface area contributed by atoms with Crippen LogP contribution in [0.4, 0.5) is 0 Å². The molecule has 1 aromatic rings. The van der Waals surface area contributed by atoms with Crippen LogP contribution in [0.2, 0.25) is 0 Å². The van der Waals surface area contributed by atoms with E-state index in [2.05, 4.69) is 16.3 Å². The van der Waals surface area contributed by atoms with Gasteiger partial charge in [0.1, 0.15) is 5.60 Å². The van der Waals surface area contributed by atoms with Gasteiger partial charge in [-0.15, -0.1) is 6.42 Å². The summed E-state index contributed by atoms with van der Waals surface area (Å²) in [5.74, 6) is 2.54. The molecule has 2 heterocycles. The number of aromatic nitrogens is 2. The molecule has 1 aliphatic heterocycles. The van der Waals surface area contributed by atoms with Gasteiger partial charge in [0.15, 0.2) is 0 Å². The van der Waals surface area contributed by atoms with E-state index in [9.17, 15) is 9.90 Å². The average Bonchev–Trinajstić information content (AvgIpc) is 2.93. The Morgan fingerprint density at radius 3 is 3.05 bits per heavy atom. The summed E-state index contributed by atoms with van der Waals surface area (Å²) in [5.41, 5.74) is -0.463. The van der Waals surface area contributed by atoms with Gasteiger partial charge in [-0.05, 0) is 26.3 Å². The first-order valence-electron chi connectivity index (χ1n) is 7.61. The van der Waals surface area contributed by atoms with Gasteiger partial charge in [0.25, 0.3) is 0 Å². The second-order valence-corrected chi connectivity index (χ2v) is 6.08. The average molecular weight is 304 g/mol. The van der Waals surface area contributed by atoms with Crippen molar-refractivity contribution in [2.24, 2.45) is 7.05 Å². The molecule has 2 unspecified atom stereocenters. The molecule has 0 bridgehead atoms. The van der Waals surface area contributed by atoms with E-state index in [1.54, 1.807) is 31.0 Å². The van der Waals surface area contributed by atoms with Crippen molar-refractivity contribution in [2.75, 3.05) is 19.6 Å². The van der Waals surface area contributed by atoms with Gasteiger partial charge in [-0.25, -0.2) is 0 Å². The number of nitrogens with one attached hydrogen (secondary N) is 1. The highest BCUT2D eigenvalue weighted by Crippen LogP contribution is 2.20. The van der Waals surface area contributed by atoms with Gasteiger partial charge in [0.2, 0.25) is 5.91 Å². The van der Waals surface area contributed by atoms with E-state index in [0.717, 1.165) is 25.8 Å². The lowest BCUT2D eigenvalue weighted by Crippen LogP contribution is -2.51. The number of aryl methyl sites for hydroxylation is 1. The SMILES string of the molecule is C#CCN1CCCCC1C(=O)NCC(C)(O)c1cnn(C)c1. The maximum Gasteiger partial charge on any atom is 0.237 e. The maximum absolute atomic E-state index is 12.4. The number of terminal acetylenes is 1. The highest BCUT2D eigenvalue weighted by atomic mass is 16.3. The summed E-state index contributed by atoms with van der Waals surface area (Å²) < 4.78 is 1.63. The Labute approximate surface area is 131 Å². The van der Waals surface area contributed by atoms with Crippen molar-refractivity contribution < 1.29 is 9.90 Å². The van der Waals surface area contributed by atoms with Gasteiger partial charge in [0.05, 0.1) is 25.3 Å². The predicted molar refractivity (Wildman–Crippen MR) is 83.8 cm³/mol. The molecule has 2 N–H and O–H groups in total. The Kier molecular flexibility index (Phi) is 5.22. The first-order valence-corrected chi connectivity index (χ1v) is 7.61. The maximum atomic E-state index is 12.4. The fourth-order valence-corrected chi connectivity index (χ4v) is 2.77. The molecule has 2 atom stereocenters. The van der Waals surface area contributed by atoms with E-state index in [4.69, 9.17) is 6.42 Å². The number of carbonyl (C=O) groups excluding carboxylic acids is 1. The van der Waals surface area contributed by atoms with Gasteiger partial charge >= 0.3 is 0 Å². The highest BCUT2D eigenvalue weighted by molar-refractivity contribution is 5.82. The van der Waals surface area contributed by atoms with Crippen molar-refractivity contribution in [1.82, 2.24) is 20.0 Å². The molecule has 0 spiro atoms. The van der Waals surface area contributed by atoms with Crippen molar-refractivity contribution in [3.05, 3.63) is 18.0 Å². The number of carbonyl (C=O) groups is 1. The third-order valence-corrected chi connectivity index (χ3v) is 4.14. The zero-order chi connectivity index (χ0) is 16.2. The van der Waals surface area contributed by atoms with Crippen molar-refractivity contribution >= 4 is 5.91 Å². The number of amides is 1. The summed E-state index contributed by atoms with van der Waals surface area (Å²) >= 11 is 0. The molecule has 0 radical (unpaired) electrons. The minimum Gasteiger partial charge on any atom is -0.383 e. The largest absolute Gasteiger partial charge is 0.383 e. The molecule has 0 aromatic carbocycles. The minimum absolute atomic E-state index is 0.0703. The third-order valence-electron chi connectivity index (χ3n) is 4.14. The monoisotopic (exact) mass is 304 g/mol. The predicted octanol–water partition coefficient (Wildman–Crippen LogP) is 0.232. The van der Waals surface area contributed by atoms with Gasteiger partial charge in [-0.3, -0.25) is 14.4 Å². The van der Waals surface area contributed by atoms with E-state index in [1.807, 2.05) is 4.90 Å². The number of hydrogen-bond donors (Lipinski definition) is 2.